The average molecular weight is 354 g/mol. The smallest absolute Gasteiger partial charge is 0.167 e. The molecule has 0 N–H and O–H groups in total. The Morgan fingerprint density at radius 2 is 1.58 bits per heavy atom. The molecular formula is C23H24F2O. The van der Waals surface area contributed by atoms with E-state index in [9.17, 15) is 8.78 Å². The Morgan fingerprint density at radius 3 is 2.31 bits per heavy atom. The molecule has 2 saturated carbocycles. The van der Waals surface area contributed by atoms with Gasteiger partial charge in [-0.25, -0.2) is 8.78 Å². The van der Waals surface area contributed by atoms with Crippen molar-refractivity contribution in [2.45, 2.75) is 44.6 Å². The molecule has 1 nitrogen and oxygen atoms in total. The van der Waals surface area contributed by atoms with Crippen LogP contribution >= 0.6 is 0 Å². The van der Waals surface area contributed by atoms with Gasteiger partial charge in [-0.1, -0.05) is 49.7 Å². The molecule has 3 fully saturated rings. The number of fused-ring (bicyclic) bond motifs is 1. The van der Waals surface area contributed by atoms with Crippen LogP contribution in [0.15, 0.2) is 36.4 Å². The van der Waals surface area contributed by atoms with Crippen molar-refractivity contribution in [1.29, 1.82) is 0 Å². The summed E-state index contributed by atoms with van der Waals surface area (Å²) in [6.07, 6.45) is 5.01. The van der Waals surface area contributed by atoms with Crippen LogP contribution in [0.25, 0.3) is 11.1 Å². The van der Waals surface area contributed by atoms with Crippen LogP contribution < -0.4 is 0 Å². The maximum atomic E-state index is 14.5. The Balaban J connectivity index is 1.41. The van der Waals surface area contributed by atoms with E-state index in [2.05, 4.69) is 19.1 Å². The standard InChI is InChI=1S/C23H24F2O/c1-13-2-7-19-16(13)8-9-17(19)14-3-5-15(6-4-14)18-10-11-20(21-12-26-21)23(25)22(18)24/h3-6,10-11,13,16-17,19,21H,2,7-9,12H2,1H3. The molecule has 5 unspecified atom stereocenters. The monoisotopic (exact) mass is 354 g/mol. The van der Waals surface area contributed by atoms with Crippen molar-refractivity contribution in [3.8, 4) is 11.1 Å². The lowest BCUT2D eigenvalue weighted by Gasteiger charge is -2.20. The second-order valence-electron chi connectivity index (χ2n) is 8.34. The fraction of sp³-hybridized carbons (Fsp3) is 0.478. The molecule has 136 valence electrons. The fourth-order valence-corrected chi connectivity index (χ4v) is 5.48. The zero-order valence-corrected chi connectivity index (χ0v) is 15.1. The first-order chi connectivity index (χ1) is 12.6. The lowest BCUT2D eigenvalue weighted by atomic mass is 9.85. The molecule has 1 saturated heterocycles. The highest BCUT2D eigenvalue weighted by molar-refractivity contribution is 5.65. The van der Waals surface area contributed by atoms with Gasteiger partial charge < -0.3 is 4.74 Å². The summed E-state index contributed by atoms with van der Waals surface area (Å²) in [5.41, 5.74) is 2.76. The largest absolute Gasteiger partial charge is 0.368 e. The Bertz CT molecular complexity index is 825. The molecule has 3 heteroatoms. The molecule has 26 heavy (non-hydrogen) atoms. The van der Waals surface area contributed by atoms with E-state index >= 15 is 0 Å². The van der Waals surface area contributed by atoms with E-state index in [0.29, 0.717) is 23.7 Å². The second-order valence-corrected chi connectivity index (χ2v) is 8.34. The molecular weight excluding hydrogens is 330 g/mol. The van der Waals surface area contributed by atoms with E-state index in [1.165, 1.54) is 31.2 Å². The molecule has 2 aromatic carbocycles. The lowest BCUT2D eigenvalue weighted by Crippen LogP contribution is -2.10. The quantitative estimate of drug-likeness (QED) is 0.594. The van der Waals surface area contributed by atoms with Gasteiger partial charge in [-0.3, -0.25) is 0 Å². The molecule has 0 radical (unpaired) electrons. The van der Waals surface area contributed by atoms with Gasteiger partial charge in [0.15, 0.2) is 11.6 Å². The first kappa shape index (κ1) is 16.4. The molecule has 2 aromatic rings. The van der Waals surface area contributed by atoms with Gasteiger partial charge in [-0.15, -0.1) is 0 Å². The number of rotatable bonds is 3. The Labute approximate surface area is 153 Å². The Morgan fingerprint density at radius 1 is 0.846 bits per heavy atom. The number of epoxide rings is 1. The average Bonchev–Trinajstić information content (AvgIpc) is 3.30. The number of hydrogen-bond donors (Lipinski definition) is 0. The maximum Gasteiger partial charge on any atom is 0.167 e. The topological polar surface area (TPSA) is 12.5 Å². The highest BCUT2D eigenvalue weighted by Gasteiger charge is 2.43. The molecule has 5 atom stereocenters. The summed E-state index contributed by atoms with van der Waals surface area (Å²) in [7, 11) is 0. The zero-order chi connectivity index (χ0) is 17.8. The van der Waals surface area contributed by atoms with Crippen molar-refractivity contribution >= 4 is 0 Å². The van der Waals surface area contributed by atoms with Crippen LogP contribution in [0.3, 0.4) is 0 Å². The summed E-state index contributed by atoms with van der Waals surface area (Å²) in [6.45, 7) is 2.87. The second kappa shape index (κ2) is 6.16. The van der Waals surface area contributed by atoms with E-state index in [4.69, 9.17) is 4.74 Å². The van der Waals surface area contributed by atoms with Crippen molar-refractivity contribution in [1.82, 2.24) is 0 Å². The van der Waals surface area contributed by atoms with Gasteiger partial charge in [0.2, 0.25) is 0 Å². The molecule has 0 spiro atoms. The van der Waals surface area contributed by atoms with E-state index in [1.807, 2.05) is 12.1 Å². The van der Waals surface area contributed by atoms with Crippen molar-refractivity contribution in [2.75, 3.05) is 6.61 Å². The summed E-state index contributed by atoms with van der Waals surface area (Å²) in [4.78, 5) is 0. The number of benzene rings is 2. The predicted molar refractivity (Wildman–Crippen MR) is 97.8 cm³/mol. The third-order valence-electron chi connectivity index (χ3n) is 7.01. The van der Waals surface area contributed by atoms with Gasteiger partial charge >= 0.3 is 0 Å². The van der Waals surface area contributed by atoms with Crippen LogP contribution in [0, 0.1) is 29.4 Å². The highest BCUT2D eigenvalue weighted by Crippen LogP contribution is 2.54. The van der Waals surface area contributed by atoms with E-state index in [-0.39, 0.29) is 6.10 Å². The van der Waals surface area contributed by atoms with Crippen LogP contribution in [0.4, 0.5) is 8.78 Å². The van der Waals surface area contributed by atoms with Crippen LogP contribution in [-0.4, -0.2) is 6.61 Å². The first-order valence-electron chi connectivity index (χ1n) is 9.83. The molecule has 2 aliphatic carbocycles. The van der Waals surface area contributed by atoms with Gasteiger partial charge in [0, 0.05) is 11.1 Å². The minimum absolute atomic E-state index is 0.273. The third kappa shape index (κ3) is 2.60. The summed E-state index contributed by atoms with van der Waals surface area (Å²) >= 11 is 0. The summed E-state index contributed by atoms with van der Waals surface area (Å²) in [6, 6.07) is 11.5. The fourth-order valence-electron chi connectivity index (χ4n) is 5.48. The van der Waals surface area contributed by atoms with E-state index in [0.717, 1.165) is 23.3 Å². The van der Waals surface area contributed by atoms with Crippen molar-refractivity contribution in [3.05, 3.63) is 59.2 Å². The van der Waals surface area contributed by atoms with Crippen LogP contribution in [0.2, 0.25) is 0 Å². The minimum Gasteiger partial charge on any atom is -0.368 e. The van der Waals surface area contributed by atoms with Crippen molar-refractivity contribution < 1.29 is 13.5 Å². The Hall–Kier alpha value is -1.74. The first-order valence-corrected chi connectivity index (χ1v) is 9.83. The highest BCUT2D eigenvalue weighted by atomic mass is 19.2. The van der Waals surface area contributed by atoms with Crippen LogP contribution in [0.1, 0.15) is 55.8 Å². The predicted octanol–water partition coefficient (Wildman–Crippen LogP) is 6.24. The molecule has 0 bridgehead atoms. The summed E-state index contributed by atoms with van der Waals surface area (Å²) in [5, 5.41) is 0. The van der Waals surface area contributed by atoms with Crippen LogP contribution in [-0.2, 0) is 4.74 Å². The summed E-state index contributed by atoms with van der Waals surface area (Å²) in [5.74, 6) is 1.64. The SMILES string of the molecule is CC1CCC2C(c3ccc(-c4ccc(C5CO5)c(F)c4F)cc3)CCC12. The minimum atomic E-state index is -0.771. The molecule has 0 amide bonds. The number of ether oxygens (including phenoxy) is 1. The van der Waals surface area contributed by atoms with Gasteiger partial charge in [0.1, 0.15) is 6.10 Å². The number of hydrogen-bond acceptors (Lipinski definition) is 1. The molecule has 1 aliphatic heterocycles. The maximum absolute atomic E-state index is 14.5. The molecule has 0 aromatic heterocycles. The molecule has 3 aliphatic rings. The van der Waals surface area contributed by atoms with Crippen molar-refractivity contribution in [2.24, 2.45) is 17.8 Å². The van der Waals surface area contributed by atoms with Gasteiger partial charge in [0.25, 0.3) is 0 Å². The van der Waals surface area contributed by atoms with Crippen LogP contribution in [0.5, 0.6) is 0 Å². The van der Waals surface area contributed by atoms with E-state index in [1.54, 1.807) is 12.1 Å². The van der Waals surface area contributed by atoms with Gasteiger partial charge in [-0.2, -0.15) is 0 Å². The van der Waals surface area contributed by atoms with Gasteiger partial charge in [-0.05, 0) is 54.1 Å². The summed E-state index contributed by atoms with van der Waals surface area (Å²) < 4.78 is 33.9. The molecule has 1 heterocycles. The van der Waals surface area contributed by atoms with E-state index < -0.39 is 11.6 Å². The lowest BCUT2D eigenvalue weighted by molar-refractivity contribution is 0.363. The normalized spacial score (nSPS) is 32.7. The zero-order valence-electron chi connectivity index (χ0n) is 15.1. The third-order valence-corrected chi connectivity index (χ3v) is 7.01. The van der Waals surface area contributed by atoms with Crippen molar-refractivity contribution in [3.63, 3.8) is 0 Å². The van der Waals surface area contributed by atoms with Gasteiger partial charge in [0.05, 0.1) is 6.61 Å². The Kier molecular flexibility index (Phi) is 3.89. The number of halogens is 2. The molecule has 5 rings (SSSR count).